The van der Waals surface area contributed by atoms with Crippen molar-refractivity contribution in [2.45, 2.75) is 12.8 Å². The van der Waals surface area contributed by atoms with Crippen molar-refractivity contribution in [2.75, 3.05) is 31.7 Å². The maximum Gasteiger partial charge on any atom is 0.171 e. The van der Waals surface area contributed by atoms with Crippen LogP contribution in [0, 0.1) is 5.92 Å². The molecule has 0 amide bonds. The number of ether oxygens (including phenoxy) is 1. The number of amidine groups is 1. The molecule has 1 saturated carbocycles. The monoisotopic (exact) mass is 264 g/mol. The van der Waals surface area contributed by atoms with Crippen LogP contribution < -0.4 is 10.6 Å². The highest BCUT2D eigenvalue weighted by molar-refractivity contribution is 5.96. The van der Waals surface area contributed by atoms with E-state index in [-0.39, 0.29) is 5.84 Å². The summed E-state index contributed by atoms with van der Waals surface area (Å²) in [5.41, 5.74) is 6.08. The van der Waals surface area contributed by atoms with Gasteiger partial charge in [-0.05, 0) is 30.9 Å². The summed E-state index contributed by atoms with van der Waals surface area (Å²) in [6.45, 7) is 2.38. The Morgan fingerprint density at radius 1 is 1.58 bits per heavy atom. The highest BCUT2D eigenvalue weighted by Crippen LogP contribution is 2.28. The molecule has 3 N–H and O–H groups in total. The number of aromatic nitrogens is 1. The smallest absolute Gasteiger partial charge is 0.171 e. The first-order valence-corrected chi connectivity index (χ1v) is 6.43. The molecule has 6 nitrogen and oxygen atoms in total. The minimum absolute atomic E-state index is 0.0643. The number of anilines is 1. The molecule has 0 saturated heterocycles. The molecule has 0 radical (unpaired) electrons. The average Bonchev–Trinajstić information content (AvgIpc) is 3.27. The van der Waals surface area contributed by atoms with E-state index in [9.17, 15) is 0 Å². The third-order valence-corrected chi connectivity index (χ3v) is 3.16. The molecule has 0 atom stereocenters. The van der Waals surface area contributed by atoms with Crippen molar-refractivity contribution in [3.05, 3.63) is 23.9 Å². The molecule has 0 aliphatic heterocycles. The number of likely N-dealkylation sites (N-methyl/N-ethyl adjacent to an activating group) is 1. The molecule has 19 heavy (non-hydrogen) atoms. The Bertz CT molecular complexity index is 429. The Labute approximate surface area is 112 Å². The topological polar surface area (TPSA) is 84.0 Å². The molecule has 0 unspecified atom stereocenters. The second-order valence-corrected chi connectivity index (χ2v) is 4.83. The second kappa shape index (κ2) is 6.38. The van der Waals surface area contributed by atoms with Crippen LogP contribution in [0.5, 0.6) is 0 Å². The van der Waals surface area contributed by atoms with Gasteiger partial charge in [-0.3, -0.25) is 0 Å². The third kappa shape index (κ3) is 4.10. The molecule has 0 aromatic carbocycles. The zero-order valence-electron chi connectivity index (χ0n) is 11.1. The fourth-order valence-electron chi connectivity index (χ4n) is 1.67. The van der Waals surface area contributed by atoms with E-state index in [1.54, 1.807) is 12.3 Å². The van der Waals surface area contributed by atoms with Crippen molar-refractivity contribution in [3.8, 4) is 0 Å². The van der Waals surface area contributed by atoms with Gasteiger partial charge in [0.25, 0.3) is 0 Å². The van der Waals surface area contributed by atoms with Crippen molar-refractivity contribution in [1.29, 1.82) is 0 Å². The van der Waals surface area contributed by atoms with Gasteiger partial charge in [-0.2, -0.15) is 0 Å². The van der Waals surface area contributed by atoms with Crippen molar-refractivity contribution in [1.82, 2.24) is 4.98 Å². The first-order valence-electron chi connectivity index (χ1n) is 6.43. The van der Waals surface area contributed by atoms with Crippen LogP contribution in [0.2, 0.25) is 0 Å². The van der Waals surface area contributed by atoms with Gasteiger partial charge < -0.3 is 20.6 Å². The number of rotatable bonds is 7. The van der Waals surface area contributed by atoms with Gasteiger partial charge in [0, 0.05) is 32.0 Å². The van der Waals surface area contributed by atoms with Crippen LogP contribution in [-0.2, 0) is 4.74 Å². The predicted octanol–water partition coefficient (Wildman–Crippen LogP) is 1.04. The largest absolute Gasteiger partial charge is 0.409 e. The normalized spacial score (nSPS) is 15.5. The van der Waals surface area contributed by atoms with Crippen LogP contribution in [0.1, 0.15) is 18.4 Å². The third-order valence-electron chi connectivity index (χ3n) is 3.16. The summed E-state index contributed by atoms with van der Waals surface area (Å²) < 4.78 is 5.59. The molecule has 104 valence electrons. The molecule has 1 heterocycles. The van der Waals surface area contributed by atoms with Gasteiger partial charge in [-0.1, -0.05) is 5.16 Å². The van der Waals surface area contributed by atoms with Crippen molar-refractivity contribution >= 4 is 11.7 Å². The van der Waals surface area contributed by atoms with Crippen LogP contribution in [0.25, 0.3) is 0 Å². The molecule has 1 fully saturated rings. The average molecular weight is 264 g/mol. The van der Waals surface area contributed by atoms with Gasteiger partial charge in [-0.15, -0.1) is 0 Å². The van der Waals surface area contributed by atoms with Crippen LogP contribution >= 0.6 is 0 Å². The molecule has 6 heteroatoms. The van der Waals surface area contributed by atoms with E-state index in [4.69, 9.17) is 15.7 Å². The number of hydrogen-bond acceptors (Lipinski definition) is 5. The zero-order valence-corrected chi connectivity index (χ0v) is 11.1. The lowest BCUT2D eigenvalue weighted by molar-refractivity contribution is 0.131. The van der Waals surface area contributed by atoms with Gasteiger partial charge in [0.2, 0.25) is 0 Å². The first-order chi connectivity index (χ1) is 9.20. The van der Waals surface area contributed by atoms with Crippen molar-refractivity contribution in [2.24, 2.45) is 16.8 Å². The van der Waals surface area contributed by atoms with Crippen LogP contribution in [-0.4, -0.2) is 42.8 Å². The lowest BCUT2D eigenvalue weighted by Gasteiger charge is -2.18. The van der Waals surface area contributed by atoms with Crippen LogP contribution in [0.4, 0.5) is 5.82 Å². The molecule has 0 bridgehead atoms. The van der Waals surface area contributed by atoms with Gasteiger partial charge in [0.1, 0.15) is 5.82 Å². The summed E-state index contributed by atoms with van der Waals surface area (Å²) in [6, 6.07) is 3.62. The van der Waals surface area contributed by atoms with Gasteiger partial charge in [0.15, 0.2) is 5.84 Å². The van der Waals surface area contributed by atoms with E-state index in [0.29, 0.717) is 12.2 Å². The number of hydrogen-bond donors (Lipinski definition) is 2. The fraction of sp³-hybridized carbons (Fsp3) is 0.538. The van der Waals surface area contributed by atoms with E-state index < -0.39 is 0 Å². The lowest BCUT2D eigenvalue weighted by atomic mass is 10.2. The Hall–Kier alpha value is -1.82. The maximum absolute atomic E-state index is 8.57. The first kappa shape index (κ1) is 13.6. The van der Waals surface area contributed by atoms with Gasteiger partial charge >= 0.3 is 0 Å². The highest BCUT2D eigenvalue weighted by atomic mass is 16.5. The summed E-state index contributed by atoms with van der Waals surface area (Å²) >= 11 is 0. The van der Waals surface area contributed by atoms with Crippen LogP contribution in [0.3, 0.4) is 0 Å². The molecule has 0 spiro atoms. The van der Waals surface area contributed by atoms with E-state index in [0.717, 1.165) is 24.9 Å². The van der Waals surface area contributed by atoms with Gasteiger partial charge in [-0.25, -0.2) is 4.98 Å². The maximum atomic E-state index is 8.57. The summed E-state index contributed by atoms with van der Waals surface area (Å²) in [6.07, 6.45) is 4.21. The molecule has 1 aromatic heterocycles. The SMILES string of the molecule is CN(CCOCC1CC1)c1ccc(C(N)=NO)cn1. The highest BCUT2D eigenvalue weighted by Gasteiger charge is 2.20. The number of pyridine rings is 1. The number of oxime groups is 1. The Morgan fingerprint density at radius 2 is 2.37 bits per heavy atom. The van der Waals surface area contributed by atoms with Gasteiger partial charge in [0.05, 0.1) is 6.61 Å². The van der Waals surface area contributed by atoms with E-state index in [1.807, 2.05) is 18.0 Å². The molecule has 1 aromatic rings. The molecule has 2 rings (SSSR count). The number of nitrogens with two attached hydrogens (primary N) is 1. The lowest BCUT2D eigenvalue weighted by Crippen LogP contribution is -2.24. The number of nitrogens with zero attached hydrogens (tertiary/aromatic N) is 3. The Morgan fingerprint density at radius 3 is 2.95 bits per heavy atom. The van der Waals surface area contributed by atoms with E-state index in [2.05, 4.69) is 10.1 Å². The summed E-state index contributed by atoms with van der Waals surface area (Å²) in [7, 11) is 1.96. The minimum atomic E-state index is 0.0643. The second-order valence-electron chi connectivity index (χ2n) is 4.83. The predicted molar refractivity (Wildman–Crippen MR) is 73.6 cm³/mol. The van der Waals surface area contributed by atoms with Crippen molar-refractivity contribution in [3.63, 3.8) is 0 Å². The van der Waals surface area contributed by atoms with Crippen LogP contribution in [0.15, 0.2) is 23.5 Å². The summed E-state index contributed by atoms with van der Waals surface area (Å²) in [5, 5.41) is 11.5. The Balaban J connectivity index is 1.79. The molecular formula is C13H20N4O2. The Kier molecular flexibility index (Phi) is 4.57. The standard InChI is InChI=1S/C13H20N4O2/c1-17(6-7-19-9-10-2-3-10)12-5-4-11(8-15-12)13(14)16-18/h4-5,8,10,18H,2-3,6-7,9H2,1H3,(H2,14,16). The summed E-state index contributed by atoms with van der Waals surface area (Å²) in [5.74, 6) is 1.70. The molecular weight excluding hydrogens is 244 g/mol. The molecule has 1 aliphatic carbocycles. The van der Waals surface area contributed by atoms with E-state index in [1.165, 1.54) is 12.8 Å². The summed E-state index contributed by atoms with van der Waals surface area (Å²) in [4.78, 5) is 6.29. The van der Waals surface area contributed by atoms with Crippen molar-refractivity contribution < 1.29 is 9.94 Å². The van der Waals surface area contributed by atoms with E-state index >= 15 is 0 Å². The zero-order chi connectivity index (χ0) is 13.7. The minimum Gasteiger partial charge on any atom is -0.409 e. The fourth-order valence-corrected chi connectivity index (χ4v) is 1.67. The quantitative estimate of drug-likeness (QED) is 0.253. The molecule has 1 aliphatic rings.